The quantitative estimate of drug-likeness (QED) is 0.158. The smallest absolute Gasteiger partial charge is 0.226 e. The molecule has 3 aromatic carbocycles. The Balaban J connectivity index is 1.17. The van der Waals surface area contributed by atoms with Gasteiger partial charge in [-0.3, -0.25) is 4.79 Å². The third-order valence-electron chi connectivity index (χ3n) is 12.5. The molecule has 1 amide bonds. The molecular formula is C43H39Cl2FN8O. The molecule has 278 valence electrons. The van der Waals surface area contributed by atoms with Gasteiger partial charge in [0.15, 0.2) is 5.82 Å². The summed E-state index contributed by atoms with van der Waals surface area (Å²) in [5.74, 6) is 0.161. The molecule has 55 heavy (non-hydrogen) atoms. The van der Waals surface area contributed by atoms with E-state index in [4.69, 9.17) is 28.2 Å². The first-order valence-electron chi connectivity index (χ1n) is 19.2. The molecule has 3 saturated heterocycles. The molecule has 0 radical (unpaired) electrons. The molecule has 1 N–H and O–H groups in total. The molecule has 11 rings (SSSR count). The van der Waals surface area contributed by atoms with Crippen molar-refractivity contribution >= 4 is 50.9 Å². The molecule has 5 unspecified atom stereocenters. The first-order valence-corrected chi connectivity index (χ1v) is 20.0. The number of likely N-dealkylation sites (tertiary alicyclic amines) is 1. The van der Waals surface area contributed by atoms with E-state index in [0.29, 0.717) is 64.5 Å². The molecule has 9 nitrogen and oxygen atoms in total. The van der Waals surface area contributed by atoms with Crippen LogP contribution in [0.25, 0.3) is 32.9 Å². The van der Waals surface area contributed by atoms with Crippen LogP contribution in [0.5, 0.6) is 0 Å². The van der Waals surface area contributed by atoms with Crippen molar-refractivity contribution in [1.82, 2.24) is 34.8 Å². The van der Waals surface area contributed by atoms with Crippen LogP contribution in [0.3, 0.4) is 0 Å². The van der Waals surface area contributed by atoms with Gasteiger partial charge in [-0.05, 0) is 74.3 Å². The van der Waals surface area contributed by atoms with Gasteiger partial charge in [-0.2, -0.15) is 5.26 Å². The number of fused-ring (bicyclic) bond motifs is 4. The lowest BCUT2D eigenvalue weighted by atomic mass is 9.79. The molecule has 3 aliphatic heterocycles. The van der Waals surface area contributed by atoms with Crippen LogP contribution in [0.2, 0.25) is 10.0 Å². The molecule has 3 aromatic heterocycles. The van der Waals surface area contributed by atoms with Crippen molar-refractivity contribution in [2.75, 3.05) is 13.1 Å². The van der Waals surface area contributed by atoms with Crippen molar-refractivity contribution in [3.8, 4) is 17.2 Å². The predicted molar refractivity (Wildman–Crippen MR) is 210 cm³/mol. The molecule has 5 atom stereocenters. The molecule has 5 aliphatic rings. The number of aryl methyl sites for hydroxylation is 2. The van der Waals surface area contributed by atoms with Gasteiger partial charge in [0, 0.05) is 71.2 Å². The Kier molecular flexibility index (Phi) is 8.47. The van der Waals surface area contributed by atoms with Crippen LogP contribution in [0.1, 0.15) is 78.4 Å². The highest BCUT2D eigenvalue weighted by Crippen LogP contribution is 2.52. The van der Waals surface area contributed by atoms with Gasteiger partial charge in [0.2, 0.25) is 5.91 Å². The first kappa shape index (κ1) is 34.7. The summed E-state index contributed by atoms with van der Waals surface area (Å²) in [4.78, 5) is 21.3. The molecular weight excluding hydrogens is 734 g/mol. The average molecular weight is 774 g/mol. The Bertz CT molecular complexity index is 2540. The molecule has 2 aliphatic carbocycles. The zero-order valence-electron chi connectivity index (χ0n) is 30.4. The van der Waals surface area contributed by atoms with Crippen molar-refractivity contribution in [2.45, 2.75) is 76.0 Å². The average Bonchev–Trinajstić information content (AvgIpc) is 3.65. The van der Waals surface area contributed by atoms with Crippen LogP contribution >= 0.6 is 23.2 Å². The number of benzene rings is 3. The van der Waals surface area contributed by atoms with Gasteiger partial charge in [-0.15, -0.1) is 5.10 Å². The van der Waals surface area contributed by atoms with Crippen LogP contribution in [0, 0.1) is 35.9 Å². The number of aromatic nitrogens is 5. The molecule has 12 heteroatoms. The van der Waals surface area contributed by atoms with E-state index < -0.39 is 5.82 Å². The second-order valence-electron chi connectivity index (χ2n) is 15.8. The van der Waals surface area contributed by atoms with Crippen molar-refractivity contribution < 1.29 is 9.18 Å². The highest BCUT2D eigenvalue weighted by atomic mass is 35.5. The monoisotopic (exact) mass is 772 g/mol. The Morgan fingerprint density at radius 3 is 2.65 bits per heavy atom. The van der Waals surface area contributed by atoms with Crippen molar-refractivity contribution in [3.05, 3.63) is 111 Å². The van der Waals surface area contributed by atoms with Crippen LogP contribution in [-0.2, 0) is 17.6 Å². The summed E-state index contributed by atoms with van der Waals surface area (Å²) in [6.07, 6.45) is 6.65. The van der Waals surface area contributed by atoms with Gasteiger partial charge in [0.05, 0.1) is 51.6 Å². The SMILES string of the molecule is Cc1nc2c(F)c(-c3cccc(Cl)c3Cl)c(CCC#N)cc2c2c1cc(C1CC(n3nncc3Cc3ccccc3)CN1C(=O)C1CC1)n2C1C2CNC1C2. The van der Waals surface area contributed by atoms with Crippen LogP contribution in [0.4, 0.5) is 4.39 Å². The highest BCUT2D eigenvalue weighted by Gasteiger charge is 2.51. The van der Waals surface area contributed by atoms with Gasteiger partial charge in [-0.1, -0.05) is 70.9 Å². The zero-order chi connectivity index (χ0) is 37.5. The lowest BCUT2D eigenvalue weighted by Gasteiger charge is -2.39. The predicted octanol–water partition coefficient (Wildman–Crippen LogP) is 8.71. The Labute approximate surface area is 328 Å². The Morgan fingerprint density at radius 2 is 1.91 bits per heavy atom. The first-order chi connectivity index (χ1) is 26.8. The standard InChI is InChI=1S/C43H39Cl2FN8O/c1-23-31-19-36(35-18-29(22-52(35)43(55)25-12-13-25)54-28(21-49-51-54)15-24-7-3-2-4-8-24)53(41-27-17-34(41)48-20-27)42(31)32-16-26(9-6-14-47)37(39(46)40(32)50-23)30-10-5-11-33(44)38(30)45/h2-5,7-8,10-11,16,19,21,25,27,29,34-35,41,48H,6,9,12-13,15,17-18,20,22H2,1H3. The van der Waals surface area contributed by atoms with E-state index in [1.165, 1.54) is 5.56 Å². The normalized spacial score (nSPS) is 23.1. The second kappa shape index (κ2) is 13.4. The van der Waals surface area contributed by atoms with Crippen molar-refractivity contribution in [1.29, 1.82) is 5.26 Å². The number of pyridine rings is 1. The van der Waals surface area contributed by atoms with Gasteiger partial charge < -0.3 is 14.8 Å². The lowest BCUT2D eigenvalue weighted by molar-refractivity contribution is -0.133. The second-order valence-corrected chi connectivity index (χ2v) is 16.6. The molecule has 0 spiro atoms. The number of nitriles is 1. The van der Waals surface area contributed by atoms with E-state index in [1.54, 1.807) is 18.2 Å². The maximum absolute atomic E-state index is 17.3. The number of hydrogen-bond donors (Lipinski definition) is 1. The Morgan fingerprint density at radius 1 is 1.07 bits per heavy atom. The minimum Gasteiger partial charge on any atom is -0.337 e. The minimum atomic E-state index is -0.479. The van der Waals surface area contributed by atoms with E-state index in [-0.39, 0.29) is 53.0 Å². The topological polar surface area (TPSA) is 105 Å². The third-order valence-corrected chi connectivity index (χ3v) is 13.3. The third kappa shape index (κ3) is 5.65. The fourth-order valence-electron chi connectivity index (χ4n) is 9.68. The Hall–Kier alpha value is -4.82. The van der Waals surface area contributed by atoms with E-state index >= 15 is 4.39 Å². The van der Waals surface area contributed by atoms with Crippen molar-refractivity contribution in [3.63, 3.8) is 0 Å². The van der Waals surface area contributed by atoms with Crippen LogP contribution in [0.15, 0.2) is 66.9 Å². The number of hydrogen-bond acceptors (Lipinski definition) is 6. The van der Waals surface area contributed by atoms with E-state index in [2.05, 4.69) is 49.4 Å². The number of carbonyl (C=O) groups is 1. The van der Waals surface area contributed by atoms with E-state index in [9.17, 15) is 10.1 Å². The number of nitrogens with zero attached hydrogens (tertiary/aromatic N) is 7. The summed E-state index contributed by atoms with van der Waals surface area (Å²) >= 11 is 13.2. The molecule has 6 heterocycles. The summed E-state index contributed by atoms with van der Waals surface area (Å²) < 4.78 is 21.8. The number of nitrogens with one attached hydrogen (secondary N) is 1. The fourth-order valence-corrected chi connectivity index (χ4v) is 10.1. The maximum atomic E-state index is 17.3. The molecule has 5 fully saturated rings. The zero-order valence-corrected chi connectivity index (χ0v) is 31.9. The van der Waals surface area contributed by atoms with Gasteiger partial charge in [-0.25, -0.2) is 14.1 Å². The summed E-state index contributed by atoms with van der Waals surface area (Å²) in [6.45, 7) is 3.39. The summed E-state index contributed by atoms with van der Waals surface area (Å²) in [6, 6.07) is 22.1. The molecule has 2 saturated carbocycles. The summed E-state index contributed by atoms with van der Waals surface area (Å²) in [5.41, 5.74) is 6.61. The highest BCUT2D eigenvalue weighted by molar-refractivity contribution is 6.43. The number of carbonyl (C=O) groups excluding carboxylic acids is 1. The van der Waals surface area contributed by atoms with Crippen LogP contribution in [-0.4, -0.2) is 54.5 Å². The summed E-state index contributed by atoms with van der Waals surface area (Å²) in [5, 5.41) is 24.6. The summed E-state index contributed by atoms with van der Waals surface area (Å²) in [7, 11) is 0. The fraction of sp³-hybridized carbons (Fsp3) is 0.372. The van der Waals surface area contributed by atoms with Crippen LogP contribution < -0.4 is 5.32 Å². The van der Waals surface area contributed by atoms with E-state index in [0.717, 1.165) is 48.1 Å². The van der Waals surface area contributed by atoms with Gasteiger partial charge >= 0.3 is 0 Å². The number of amides is 1. The molecule has 2 bridgehead atoms. The van der Waals surface area contributed by atoms with Crippen molar-refractivity contribution in [2.24, 2.45) is 11.8 Å². The maximum Gasteiger partial charge on any atom is 0.226 e. The lowest BCUT2D eigenvalue weighted by Crippen LogP contribution is -2.41. The minimum absolute atomic E-state index is 0.0397. The van der Waals surface area contributed by atoms with E-state index in [1.807, 2.05) is 42.1 Å². The molecule has 6 aromatic rings. The number of rotatable bonds is 9. The van der Waals surface area contributed by atoms with Gasteiger partial charge in [0.25, 0.3) is 0 Å². The number of halogens is 3. The largest absolute Gasteiger partial charge is 0.337 e. The van der Waals surface area contributed by atoms with Gasteiger partial charge in [0.1, 0.15) is 5.52 Å².